The molecule has 0 amide bonds. The molecule has 0 bridgehead atoms. The molecular weight excluding hydrogens is 355 g/mol. The second-order valence-electron chi connectivity index (χ2n) is 0. The maximum absolute atomic E-state index is 0. The van der Waals surface area contributed by atoms with Crippen molar-refractivity contribution in [2.45, 2.75) is 0 Å². The number of rotatable bonds is 0. The minimum absolute atomic E-state index is 0. The fraction of sp³-hybridized carbons (Fsp3) is 0. The number of hydrogen-bond donors (Lipinski definition) is 0. The number of hydrogen-bond acceptors (Lipinski definition) is 0. The Balaban J connectivity index is 0. The molecule has 0 aromatic carbocycles. The van der Waals surface area contributed by atoms with Crippen LogP contribution in [0.15, 0.2) is 0 Å². The van der Waals surface area contributed by atoms with E-state index >= 15 is 0 Å². The minimum Gasteiger partial charge on any atom is -1.00 e. The minimum atomic E-state index is 0. The first-order valence-corrected chi connectivity index (χ1v) is 0. The molecule has 0 rings (SSSR count). The molecule has 0 nitrogen and oxygen atoms in total. The molecule has 0 aliphatic carbocycles. The molecule has 0 aromatic heterocycles. The summed E-state index contributed by atoms with van der Waals surface area (Å²) in [5.41, 5.74) is 0. The van der Waals surface area contributed by atoms with Gasteiger partial charge in [-0.15, -0.1) is 0 Å². The Bertz CT molecular complexity index is 13.6. The van der Waals surface area contributed by atoms with Gasteiger partial charge in [-0.25, -0.2) is 0 Å². The first-order chi connectivity index (χ1) is 0. The van der Waals surface area contributed by atoms with Crippen molar-refractivity contribution in [3.05, 3.63) is 0 Å². The van der Waals surface area contributed by atoms with Gasteiger partial charge in [-0.3, -0.25) is 0 Å². The average Bonchev–Trinajstić information content (AvgIpc) is 0. The Kier molecular flexibility index (Phi) is 1880. The third kappa shape index (κ3) is 94.2. The fourth-order valence-electron chi connectivity index (χ4n) is 0. The Morgan fingerprint density at radius 2 is 0.400 bits per heavy atom. The normalized spacial score (nSPS) is 0. The summed E-state index contributed by atoms with van der Waals surface area (Å²) < 4.78 is 0. The Labute approximate surface area is 142 Å². The molecule has 0 fully saturated rings. The summed E-state index contributed by atoms with van der Waals surface area (Å²) in [5.74, 6) is 0. The molecule has 10 heteroatoms. The first kappa shape index (κ1) is 154. The van der Waals surface area contributed by atoms with Crippen LogP contribution in [0.5, 0.6) is 0 Å². The first-order valence-electron chi connectivity index (χ1n) is 0. The van der Waals surface area contributed by atoms with E-state index in [1.165, 1.54) is 0 Å². The average molecular weight is 355 g/mol. The van der Waals surface area contributed by atoms with Crippen molar-refractivity contribution in [3.8, 4) is 0 Å². The van der Waals surface area contributed by atoms with Crippen molar-refractivity contribution in [2.75, 3.05) is 0 Å². The van der Waals surface area contributed by atoms with E-state index in [1.54, 1.807) is 0 Å². The third-order valence-corrected chi connectivity index (χ3v) is 0. The van der Waals surface area contributed by atoms with Crippen LogP contribution in [-0.2, 0) is 17.1 Å². The summed E-state index contributed by atoms with van der Waals surface area (Å²) in [6.07, 6.45) is 0. The Morgan fingerprint density at radius 1 is 0.400 bits per heavy atom. The van der Waals surface area contributed by atoms with Gasteiger partial charge >= 0.3 is 57.5 Å². The monoisotopic (exact) mass is 352 g/mol. The van der Waals surface area contributed by atoms with E-state index in [0.717, 1.165) is 0 Å². The van der Waals surface area contributed by atoms with E-state index in [9.17, 15) is 0 Å². The summed E-state index contributed by atoms with van der Waals surface area (Å²) in [6.45, 7) is 0. The van der Waals surface area contributed by atoms with Gasteiger partial charge in [0.25, 0.3) is 0 Å². The van der Waals surface area contributed by atoms with Crippen LogP contribution in [0.3, 0.4) is 0 Å². The molecule has 0 atom stereocenters. The zero-order chi connectivity index (χ0) is 0. The van der Waals surface area contributed by atoms with Crippen LogP contribution in [-0.4, -0.2) is 40.4 Å². The summed E-state index contributed by atoms with van der Waals surface area (Å²) in [7, 11) is 0. The zero-order valence-electron chi connectivity index (χ0n) is 4.28. The predicted octanol–water partition coefficient (Wildman–Crippen LogP) is -21.7. The van der Waals surface area contributed by atoms with Gasteiger partial charge in [0.1, 0.15) is 0 Å². The van der Waals surface area contributed by atoms with Crippen LogP contribution in [0, 0.1) is 0 Å². The molecular formula is AlCl7FeMg. The van der Waals surface area contributed by atoms with Crippen molar-refractivity contribution >= 4 is 40.4 Å². The molecule has 0 aromatic rings. The van der Waals surface area contributed by atoms with Crippen LogP contribution in [0.25, 0.3) is 0 Å². The SMILES string of the molecule is [Al+3].[Cl-].[Cl-].[Cl-].[Cl-].[Cl-].[Cl-].[Cl-].[Fe+2].[Mg+2]. The Hall–Kier alpha value is 3.85. The van der Waals surface area contributed by atoms with E-state index in [2.05, 4.69) is 0 Å². The van der Waals surface area contributed by atoms with Crippen LogP contribution in [0.4, 0.5) is 0 Å². The third-order valence-electron chi connectivity index (χ3n) is 0. The molecule has 10 heavy (non-hydrogen) atoms. The van der Waals surface area contributed by atoms with Crippen molar-refractivity contribution in [1.82, 2.24) is 0 Å². The molecule has 0 saturated carbocycles. The number of halogens is 7. The standard InChI is InChI=1S/Al.7ClH.Fe.Mg/h;7*1H;;/q+3;;;;;;;;2*+2/p-7. The molecule has 0 spiro atoms. The van der Waals surface area contributed by atoms with Gasteiger partial charge in [0.15, 0.2) is 0 Å². The molecule has 0 radical (unpaired) electrons. The quantitative estimate of drug-likeness (QED) is 0.379. The van der Waals surface area contributed by atoms with Gasteiger partial charge < -0.3 is 86.8 Å². The molecule has 0 heterocycles. The largest absolute Gasteiger partial charge is 3.00 e. The summed E-state index contributed by atoms with van der Waals surface area (Å²) in [6, 6.07) is 0. The summed E-state index contributed by atoms with van der Waals surface area (Å²) in [4.78, 5) is 0. The maximum atomic E-state index is 0. The topological polar surface area (TPSA) is 0 Å². The van der Waals surface area contributed by atoms with Crippen molar-refractivity contribution in [3.63, 3.8) is 0 Å². The molecule has 0 aliphatic rings. The van der Waals surface area contributed by atoms with Gasteiger partial charge in [-0.2, -0.15) is 0 Å². The van der Waals surface area contributed by atoms with Gasteiger partial charge in [-0.1, -0.05) is 0 Å². The maximum Gasteiger partial charge on any atom is 3.00 e. The van der Waals surface area contributed by atoms with Crippen LogP contribution in [0.2, 0.25) is 0 Å². The Morgan fingerprint density at radius 3 is 0.400 bits per heavy atom. The van der Waals surface area contributed by atoms with Gasteiger partial charge in [-0.05, 0) is 0 Å². The fourth-order valence-corrected chi connectivity index (χ4v) is 0. The molecule has 0 unspecified atom stereocenters. The van der Waals surface area contributed by atoms with Crippen molar-refractivity contribution < 1.29 is 104 Å². The van der Waals surface area contributed by atoms with Crippen molar-refractivity contribution in [2.24, 2.45) is 0 Å². The molecule has 0 aliphatic heterocycles. The van der Waals surface area contributed by atoms with E-state index < -0.39 is 0 Å². The zero-order valence-corrected chi connectivity index (χ0v) is 13.2. The van der Waals surface area contributed by atoms with E-state index in [4.69, 9.17) is 0 Å². The smallest absolute Gasteiger partial charge is 1.00 e. The molecule has 62 valence electrons. The predicted molar refractivity (Wildman–Crippen MR) is 11.5 cm³/mol. The van der Waals surface area contributed by atoms with E-state index in [-0.39, 0.29) is 144 Å². The van der Waals surface area contributed by atoms with Crippen molar-refractivity contribution in [1.29, 1.82) is 0 Å². The molecule has 0 N–H and O–H groups in total. The second-order valence-corrected chi connectivity index (χ2v) is 0. The van der Waals surface area contributed by atoms with E-state index in [1.807, 2.05) is 0 Å². The van der Waals surface area contributed by atoms with Crippen LogP contribution in [0.1, 0.15) is 0 Å². The molecule has 0 saturated heterocycles. The summed E-state index contributed by atoms with van der Waals surface area (Å²) >= 11 is 0. The van der Waals surface area contributed by atoms with E-state index in [0.29, 0.717) is 0 Å². The summed E-state index contributed by atoms with van der Waals surface area (Å²) in [5, 5.41) is 0. The van der Waals surface area contributed by atoms with Crippen LogP contribution < -0.4 is 86.8 Å². The van der Waals surface area contributed by atoms with Crippen LogP contribution >= 0.6 is 0 Å². The second kappa shape index (κ2) is 122. The van der Waals surface area contributed by atoms with Gasteiger partial charge in [0.2, 0.25) is 0 Å². The van der Waals surface area contributed by atoms with Gasteiger partial charge in [0.05, 0.1) is 0 Å². The van der Waals surface area contributed by atoms with Gasteiger partial charge in [0, 0.05) is 0 Å².